The predicted molar refractivity (Wildman–Crippen MR) is 182 cm³/mol. The Bertz CT molecular complexity index is 1180. The Morgan fingerprint density at radius 2 is 0.375 bits per heavy atom. The summed E-state index contributed by atoms with van der Waals surface area (Å²) in [4.78, 5) is 0. The second-order valence-corrected chi connectivity index (χ2v) is 13.9. The molecule has 0 nitrogen and oxygen atoms in total. The van der Waals surface area contributed by atoms with E-state index in [-0.39, 0.29) is 0 Å². The van der Waals surface area contributed by atoms with Gasteiger partial charge in [-0.1, -0.05) is 109 Å². The minimum absolute atomic E-state index is 0.877. The van der Waals surface area contributed by atoms with Crippen molar-refractivity contribution < 1.29 is 18.9 Å². The second kappa shape index (κ2) is 17.3. The van der Waals surface area contributed by atoms with E-state index in [9.17, 15) is 0 Å². The molecule has 6 aromatic carbocycles. The molecule has 0 fully saturated rings. The summed E-state index contributed by atoms with van der Waals surface area (Å²) in [5.41, 5.74) is 0. The van der Waals surface area contributed by atoms with Crippen molar-refractivity contribution in [3.8, 4) is 0 Å². The maximum absolute atomic E-state index is 2.88. The molecule has 0 N–H and O–H groups in total. The van der Waals surface area contributed by atoms with E-state index in [0.717, 1.165) is 0 Å². The molecule has 0 bridgehead atoms. The minimum Gasteiger partial charge on any atom is -0.0620 e. The molecule has 0 aliphatic rings. The van der Waals surface area contributed by atoms with Crippen LogP contribution in [0.2, 0.25) is 0 Å². The van der Waals surface area contributed by atoms with E-state index >= 15 is 0 Å². The molecule has 0 saturated heterocycles. The fourth-order valence-corrected chi connectivity index (χ4v) is 9.78. The molecule has 0 aliphatic heterocycles. The molecule has 0 radical (unpaired) electrons. The third kappa shape index (κ3) is 8.70. The van der Waals surface area contributed by atoms with Crippen LogP contribution in [-0.2, 0) is 18.9 Å². The molecule has 0 spiro atoms. The summed E-state index contributed by atoms with van der Waals surface area (Å²) < 4.78 is 0. The van der Waals surface area contributed by atoms with Crippen molar-refractivity contribution >= 4 is 60.7 Å². The molecule has 0 amide bonds. The number of halogens is 1. The zero-order valence-electron chi connectivity index (χ0n) is 22.0. The zero-order valence-corrected chi connectivity index (χ0v) is 27.8. The molecular weight excluding hydrogens is 771 g/mol. The summed E-state index contributed by atoms with van der Waals surface area (Å²) in [6.07, 6.45) is 0. The van der Waals surface area contributed by atoms with E-state index in [2.05, 4.69) is 214 Å². The van der Waals surface area contributed by atoms with Crippen LogP contribution in [0.3, 0.4) is 0 Å². The fourth-order valence-electron chi connectivity index (χ4n) is 4.63. The van der Waals surface area contributed by atoms with Gasteiger partial charge in [-0.25, -0.2) is 0 Å². The van der Waals surface area contributed by atoms with Crippen LogP contribution >= 0.6 is 28.9 Å². The molecular formula is C36H32AuBrP2+2. The van der Waals surface area contributed by atoms with Gasteiger partial charge in [-0.15, -0.1) is 0 Å². The molecule has 0 heterocycles. The Kier molecular flexibility index (Phi) is 13.1. The van der Waals surface area contributed by atoms with Gasteiger partial charge in [0.1, 0.15) is 31.8 Å². The molecule has 202 valence electrons. The first-order valence-corrected chi connectivity index (χ1v) is 20.8. The first kappa shape index (κ1) is 30.4. The van der Waals surface area contributed by atoms with Crippen molar-refractivity contribution in [1.82, 2.24) is 0 Å². The van der Waals surface area contributed by atoms with E-state index in [1.54, 1.807) is 0 Å². The van der Waals surface area contributed by atoms with Gasteiger partial charge in [0, 0.05) is 0 Å². The van der Waals surface area contributed by atoms with Crippen LogP contribution in [0.4, 0.5) is 0 Å². The molecule has 0 aliphatic carbocycles. The number of hydrogen-bond donors (Lipinski definition) is 0. The number of rotatable bonds is 6. The van der Waals surface area contributed by atoms with Crippen LogP contribution in [-0.4, -0.2) is 0 Å². The van der Waals surface area contributed by atoms with Crippen LogP contribution in [0.5, 0.6) is 0 Å². The molecule has 0 atom stereocenters. The Morgan fingerprint density at radius 1 is 0.250 bits per heavy atom. The maximum Gasteiger partial charge on any atom is 0.102 e. The van der Waals surface area contributed by atoms with Crippen LogP contribution in [0.25, 0.3) is 0 Å². The molecule has 0 saturated carbocycles. The van der Waals surface area contributed by atoms with E-state index in [1.165, 1.54) is 31.8 Å². The van der Waals surface area contributed by atoms with Gasteiger partial charge in [-0.2, -0.15) is 0 Å². The largest absolute Gasteiger partial charge is 0.102 e. The summed E-state index contributed by atoms with van der Waals surface area (Å²) in [6.45, 7) is 0. The standard InChI is InChI=1S/2C18H15P.Au.BrH/c2*1-4-10-16(11-5-1)19(17-12-6-2-7-13-17)18-14-8-3-9-15-18;;/h2*1-15H;;1H/q;;+1;/p+1. The summed E-state index contributed by atoms with van der Waals surface area (Å²) in [7, 11) is -1.75. The molecule has 6 rings (SSSR count). The van der Waals surface area contributed by atoms with Crippen LogP contribution in [0, 0.1) is 0 Å². The smallest absolute Gasteiger partial charge is 0.0620 e. The van der Waals surface area contributed by atoms with Gasteiger partial charge in [-0.3, -0.25) is 0 Å². The third-order valence-electron chi connectivity index (χ3n) is 6.37. The van der Waals surface area contributed by atoms with E-state index in [4.69, 9.17) is 0 Å². The van der Waals surface area contributed by atoms with Crippen molar-refractivity contribution in [2.45, 2.75) is 0 Å². The second-order valence-electron chi connectivity index (χ2n) is 8.95. The average molecular weight is 803 g/mol. The monoisotopic (exact) mass is 802 g/mol. The molecule has 4 heteroatoms. The minimum atomic E-state index is -0.877. The van der Waals surface area contributed by atoms with Gasteiger partial charge in [0.15, 0.2) is 0 Å². The summed E-state index contributed by atoms with van der Waals surface area (Å²) >= 11 is 4.97. The first-order chi connectivity index (χ1) is 19.9. The Morgan fingerprint density at radius 3 is 0.500 bits per heavy atom. The molecule has 40 heavy (non-hydrogen) atoms. The Hall–Kier alpha value is -2.60. The molecule has 0 aromatic heterocycles. The SMILES string of the molecule is [Br][Au].c1ccc([PH+](c2ccccc2)c2ccccc2)cc1.c1ccc([PH+](c2ccccc2)c2ccccc2)cc1. The average Bonchev–Trinajstić information content (AvgIpc) is 3.06. The zero-order chi connectivity index (χ0) is 27.8. The van der Waals surface area contributed by atoms with Crippen molar-refractivity contribution in [2.24, 2.45) is 0 Å². The Labute approximate surface area is 259 Å². The molecule has 6 aromatic rings. The van der Waals surface area contributed by atoms with Crippen molar-refractivity contribution in [2.75, 3.05) is 0 Å². The summed E-state index contributed by atoms with van der Waals surface area (Å²) in [5, 5.41) is 8.61. The van der Waals surface area contributed by atoms with Gasteiger partial charge < -0.3 is 0 Å². The normalized spacial score (nSPS) is 10.2. The van der Waals surface area contributed by atoms with E-state index in [0.29, 0.717) is 0 Å². The van der Waals surface area contributed by atoms with Crippen LogP contribution < -0.4 is 31.8 Å². The first-order valence-electron chi connectivity index (χ1n) is 13.1. The third-order valence-corrected chi connectivity index (χ3v) is 11.8. The van der Waals surface area contributed by atoms with Gasteiger partial charge in [0.05, 0.1) is 15.8 Å². The van der Waals surface area contributed by atoms with Crippen molar-refractivity contribution in [1.29, 1.82) is 0 Å². The van der Waals surface area contributed by atoms with E-state index < -0.39 is 15.8 Å². The number of benzene rings is 6. The topological polar surface area (TPSA) is 0 Å². The quantitative estimate of drug-likeness (QED) is 0.124. The van der Waals surface area contributed by atoms with Gasteiger partial charge in [0.25, 0.3) is 0 Å². The fraction of sp³-hybridized carbons (Fsp3) is 0. The van der Waals surface area contributed by atoms with Gasteiger partial charge in [0.2, 0.25) is 0 Å². The number of hydrogen-bond acceptors (Lipinski definition) is 0. The van der Waals surface area contributed by atoms with E-state index in [1.807, 2.05) is 0 Å². The van der Waals surface area contributed by atoms with Crippen LogP contribution in [0.15, 0.2) is 182 Å². The van der Waals surface area contributed by atoms with Gasteiger partial charge in [-0.05, 0) is 72.8 Å². The van der Waals surface area contributed by atoms with Gasteiger partial charge >= 0.3 is 32.0 Å². The predicted octanol–water partition coefficient (Wildman–Crippen LogP) is 7.20. The van der Waals surface area contributed by atoms with Crippen LogP contribution in [0.1, 0.15) is 0 Å². The van der Waals surface area contributed by atoms with Crippen molar-refractivity contribution in [3.63, 3.8) is 0 Å². The van der Waals surface area contributed by atoms with Crippen molar-refractivity contribution in [3.05, 3.63) is 182 Å². The maximum atomic E-state index is 2.88. The molecule has 0 unspecified atom stereocenters. The summed E-state index contributed by atoms with van der Waals surface area (Å²) in [6, 6.07) is 65.0. The summed E-state index contributed by atoms with van der Waals surface area (Å²) in [5.74, 6) is 0. The Balaban J connectivity index is 0.000000174.